The highest BCUT2D eigenvalue weighted by molar-refractivity contribution is 7.59. The lowest BCUT2D eigenvalue weighted by Crippen LogP contribution is -2.42. The van der Waals surface area contributed by atoms with Crippen molar-refractivity contribution in [3.63, 3.8) is 0 Å². The van der Waals surface area contributed by atoms with Gasteiger partial charge in [0.2, 0.25) is 0 Å². The van der Waals surface area contributed by atoms with E-state index < -0.39 is 6.17 Å². The van der Waals surface area contributed by atoms with Crippen LogP contribution in [-0.2, 0) is 4.74 Å². The van der Waals surface area contributed by atoms with Crippen LogP contribution in [0, 0.1) is 6.92 Å². The molecule has 3 aliphatic heterocycles. The molecule has 0 spiro atoms. The van der Waals surface area contributed by atoms with Crippen molar-refractivity contribution in [3.8, 4) is 11.8 Å². The summed E-state index contributed by atoms with van der Waals surface area (Å²) >= 11 is 0. The standard InChI is InChI=1S/C25H31FN6O3.2H2S/c1-15-7-16-11-27-32(22(16)9-20(15)19-3-4-30(5-6-33)13-21(19)26)24-10-23(28-25(29-24)34-2)31-12-18-8-17(31)14-35-18;;/h7,9-11,17-19,21,33H,3-6,8,12-14H2,1-2H3;2*1H2. The molecule has 3 fully saturated rings. The minimum absolute atomic E-state index is 0. The van der Waals surface area contributed by atoms with Gasteiger partial charge in [0.25, 0.3) is 0 Å². The van der Waals surface area contributed by atoms with E-state index in [1.54, 1.807) is 11.8 Å². The van der Waals surface area contributed by atoms with Gasteiger partial charge >= 0.3 is 6.01 Å². The number of halogens is 1. The molecule has 6 rings (SSSR count). The van der Waals surface area contributed by atoms with Crippen LogP contribution in [-0.4, -0.2) is 94.6 Å². The molecular weight excluding hydrogens is 515 g/mol. The van der Waals surface area contributed by atoms with Crippen LogP contribution in [0.25, 0.3) is 16.7 Å². The van der Waals surface area contributed by atoms with Crippen LogP contribution < -0.4 is 9.64 Å². The first-order chi connectivity index (χ1) is 17.0. The summed E-state index contributed by atoms with van der Waals surface area (Å²) in [5.41, 5.74) is 2.95. The number of rotatable bonds is 6. The number of nitrogens with zero attached hydrogens (tertiary/aromatic N) is 6. The molecule has 1 aromatic carbocycles. The Morgan fingerprint density at radius 2 is 1.97 bits per heavy atom. The number of benzene rings is 1. The Bertz CT molecular complexity index is 1250. The van der Waals surface area contributed by atoms with Gasteiger partial charge in [-0.15, -0.1) is 0 Å². The van der Waals surface area contributed by atoms with Crippen molar-refractivity contribution in [2.75, 3.05) is 51.4 Å². The van der Waals surface area contributed by atoms with Gasteiger partial charge in [-0.2, -0.15) is 42.1 Å². The van der Waals surface area contributed by atoms with E-state index in [0.29, 0.717) is 38.0 Å². The minimum Gasteiger partial charge on any atom is -0.467 e. The summed E-state index contributed by atoms with van der Waals surface area (Å²) in [6.45, 7) is 5.24. The topological polar surface area (TPSA) is 88.8 Å². The lowest BCUT2D eigenvalue weighted by molar-refractivity contribution is 0.0988. The number of fused-ring (bicyclic) bond motifs is 3. The number of aliphatic hydroxyl groups excluding tert-OH is 1. The summed E-state index contributed by atoms with van der Waals surface area (Å²) in [6.07, 6.45) is 2.81. The number of morpholine rings is 1. The van der Waals surface area contributed by atoms with E-state index >= 15 is 4.39 Å². The highest BCUT2D eigenvalue weighted by atomic mass is 32.1. The molecule has 5 heterocycles. The van der Waals surface area contributed by atoms with Gasteiger partial charge in [-0.05, 0) is 49.6 Å². The number of anilines is 1. The first kappa shape index (κ1) is 27.9. The molecule has 202 valence electrons. The lowest BCUT2D eigenvalue weighted by atomic mass is 9.85. The van der Waals surface area contributed by atoms with Gasteiger partial charge in [0.1, 0.15) is 12.0 Å². The molecule has 2 aromatic heterocycles. The number of aromatic nitrogens is 4. The van der Waals surface area contributed by atoms with Crippen LogP contribution in [0.15, 0.2) is 24.4 Å². The number of aryl methyl sites for hydroxylation is 1. The van der Waals surface area contributed by atoms with E-state index in [2.05, 4.69) is 32.1 Å². The molecule has 9 nitrogen and oxygen atoms in total. The van der Waals surface area contributed by atoms with Gasteiger partial charge in [-0.1, -0.05) is 0 Å². The Labute approximate surface area is 229 Å². The number of likely N-dealkylation sites (tertiary alicyclic amines) is 1. The number of methoxy groups -OCH3 is 1. The first-order valence-electron chi connectivity index (χ1n) is 12.3. The number of alkyl halides is 1. The second-order valence-corrected chi connectivity index (χ2v) is 9.83. The maximum atomic E-state index is 15.2. The summed E-state index contributed by atoms with van der Waals surface area (Å²) in [5, 5.41) is 14.8. The number of hydrogen-bond acceptors (Lipinski definition) is 8. The molecule has 3 saturated heterocycles. The van der Waals surface area contributed by atoms with Crippen LogP contribution in [0.4, 0.5) is 10.2 Å². The molecule has 0 saturated carbocycles. The molecule has 3 aliphatic rings. The number of ether oxygens (including phenoxy) is 2. The normalized spacial score (nSPS) is 25.2. The van der Waals surface area contributed by atoms with E-state index in [0.717, 1.165) is 47.4 Å². The smallest absolute Gasteiger partial charge is 0.320 e. The molecule has 4 unspecified atom stereocenters. The Kier molecular flexibility index (Phi) is 8.54. The molecular formula is C25H35FN6O3S2. The summed E-state index contributed by atoms with van der Waals surface area (Å²) < 4.78 is 28.2. The van der Waals surface area contributed by atoms with Crippen molar-refractivity contribution in [2.24, 2.45) is 0 Å². The number of hydrogen-bond donors (Lipinski definition) is 1. The zero-order valence-electron chi connectivity index (χ0n) is 21.1. The fraction of sp³-hybridized carbons (Fsp3) is 0.560. The van der Waals surface area contributed by atoms with E-state index in [9.17, 15) is 5.11 Å². The second kappa shape index (κ2) is 11.3. The molecule has 4 atom stereocenters. The van der Waals surface area contributed by atoms with Gasteiger partial charge in [-0.3, -0.25) is 4.90 Å². The Hall–Kier alpha value is -2.12. The second-order valence-electron chi connectivity index (χ2n) is 9.83. The number of β-amino-alcohol motifs (C(OH)–C–C–N with tert-alkyl or cyclic N) is 1. The molecule has 12 heteroatoms. The monoisotopic (exact) mass is 550 g/mol. The van der Waals surface area contributed by atoms with Crippen molar-refractivity contribution in [1.29, 1.82) is 0 Å². The summed E-state index contributed by atoms with van der Waals surface area (Å²) in [5.74, 6) is 1.24. The zero-order chi connectivity index (χ0) is 24.1. The maximum Gasteiger partial charge on any atom is 0.320 e. The zero-order valence-corrected chi connectivity index (χ0v) is 23.1. The van der Waals surface area contributed by atoms with Crippen LogP contribution in [0.5, 0.6) is 6.01 Å². The molecule has 0 radical (unpaired) electrons. The number of aliphatic hydroxyl groups is 1. The van der Waals surface area contributed by atoms with Crippen molar-refractivity contribution in [2.45, 2.75) is 44.0 Å². The van der Waals surface area contributed by atoms with Crippen LogP contribution in [0.3, 0.4) is 0 Å². The largest absolute Gasteiger partial charge is 0.467 e. The fourth-order valence-corrected chi connectivity index (χ4v) is 5.88. The van der Waals surface area contributed by atoms with Gasteiger partial charge in [-0.25, -0.2) is 9.07 Å². The Morgan fingerprint density at radius 3 is 2.65 bits per heavy atom. The average molecular weight is 551 g/mol. The lowest BCUT2D eigenvalue weighted by Gasteiger charge is -2.35. The molecule has 3 aromatic rings. The third kappa shape index (κ3) is 5.14. The Morgan fingerprint density at radius 1 is 1.16 bits per heavy atom. The van der Waals surface area contributed by atoms with E-state index in [1.165, 1.54) is 0 Å². The predicted molar refractivity (Wildman–Crippen MR) is 150 cm³/mol. The average Bonchev–Trinajstić information content (AvgIpc) is 3.60. The van der Waals surface area contributed by atoms with E-state index in [4.69, 9.17) is 9.47 Å². The first-order valence-corrected chi connectivity index (χ1v) is 12.3. The molecule has 2 bridgehead atoms. The third-order valence-electron chi connectivity index (χ3n) is 7.67. The third-order valence-corrected chi connectivity index (χ3v) is 7.67. The summed E-state index contributed by atoms with van der Waals surface area (Å²) in [6, 6.07) is 6.69. The van der Waals surface area contributed by atoms with Crippen LogP contribution >= 0.6 is 27.0 Å². The fourth-order valence-electron chi connectivity index (χ4n) is 5.88. The SMILES string of the molecule is COc1nc(N2CC3CC2CO3)cc(-n2ncc3cc(C)c(C4CCN(CCO)CC4F)cc32)n1.S.S. The van der Waals surface area contributed by atoms with E-state index in [-0.39, 0.29) is 51.6 Å². The molecule has 0 amide bonds. The predicted octanol–water partition coefficient (Wildman–Crippen LogP) is 2.46. The van der Waals surface area contributed by atoms with Crippen molar-refractivity contribution >= 4 is 43.7 Å². The van der Waals surface area contributed by atoms with Gasteiger partial charge in [0.15, 0.2) is 5.82 Å². The highest BCUT2D eigenvalue weighted by Gasteiger charge is 2.40. The molecule has 37 heavy (non-hydrogen) atoms. The summed E-state index contributed by atoms with van der Waals surface area (Å²) in [4.78, 5) is 13.4. The molecule has 1 N–H and O–H groups in total. The van der Waals surface area contributed by atoms with Gasteiger partial charge in [0, 0.05) is 37.0 Å². The number of piperidine rings is 1. The van der Waals surface area contributed by atoms with Crippen molar-refractivity contribution in [1.82, 2.24) is 24.6 Å². The Balaban J connectivity index is 0.00000160. The highest BCUT2D eigenvalue weighted by Crippen LogP contribution is 2.36. The van der Waals surface area contributed by atoms with Gasteiger partial charge < -0.3 is 19.5 Å². The van der Waals surface area contributed by atoms with Crippen LogP contribution in [0.1, 0.15) is 29.9 Å². The summed E-state index contributed by atoms with van der Waals surface area (Å²) in [7, 11) is 1.56. The quantitative estimate of drug-likeness (QED) is 0.501. The maximum absolute atomic E-state index is 15.2. The van der Waals surface area contributed by atoms with Gasteiger partial charge in [0.05, 0.1) is 44.2 Å². The van der Waals surface area contributed by atoms with Crippen LogP contribution in [0.2, 0.25) is 0 Å². The minimum atomic E-state index is -0.985. The van der Waals surface area contributed by atoms with Crippen molar-refractivity contribution < 1.29 is 19.0 Å². The van der Waals surface area contributed by atoms with Crippen molar-refractivity contribution in [3.05, 3.63) is 35.5 Å². The molecule has 0 aliphatic carbocycles. The van der Waals surface area contributed by atoms with E-state index in [1.807, 2.05) is 24.1 Å².